The van der Waals surface area contributed by atoms with Gasteiger partial charge in [0.2, 0.25) is 0 Å². The minimum absolute atomic E-state index is 0.150. The fourth-order valence-electron chi connectivity index (χ4n) is 3.21. The van der Waals surface area contributed by atoms with Gasteiger partial charge in [-0.1, -0.05) is 53.4 Å². The molecule has 26 heavy (non-hydrogen) atoms. The van der Waals surface area contributed by atoms with Crippen molar-refractivity contribution in [1.82, 2.24) is 9.78 Å². The van der Waals surface area contributed by atoms with Gasteiger partial charge in [0.1, 0.15) is 0 Å². The molecule has 3 aromatic rings. The Morgan fingerprint density at radius 1 is 1.19 bits per heavy atom. The predicted octanol–water partition coefficient (Wildman–Crippen LogP) is 5.52. The van der Waals surface area contributed by atoms with Gasteiger partial charge in [0.15, 0.2) is 14.1 Å². The molecule has 4 rings (SSSR count). The van der Waals surface area contributed by atoms with Gasteiger partial charge in [-0.05, 0) is 67.7 Å². The number of carbonyl (C=O) groups excluding carboxylic acids is 1. The second-order valence-electron chi connectivity index (χ2n) is 6.34. The van der Waals surface area contributed by atoms with Gasteiger partial charge in [0.05, 0.1) is 10.9 Å². The Morgan fingerprint density at radius 2 is 1.96 bits per heavy atom. The molecule has 132 valence electrons. The van der Waals surface area contributed by atoms with E-state index in [1.807, 2.05) is 43.3 Å². The molecule has 1 aliphatic rings. The van der Waals surface area contributed by atoms with E-state index in [1.54, 1.807) is 4.68 Å². The molecule has 0 radical (unpaired) electrons. The zero-order valence-electron chi connectivity index (χ0n) is 14.3. The van der Waals surface area contributed by atoms with E-state index in [2.05, 4.69) is 17.2 Å². The lowest BCUT2D eigenvalue weighted by molar-refractivity contribution is 0.0994. The molecule has 0 aliphatic heterocycles. The van der Waals surface area contributed by atoms with Gasteiger partial charge in [0, 0.05) is 5.56 Å². The van der Waals surface area contributed by atoms with Gasteiger partial charge in [-0.2, -0.15) is 0 Å². The zero-order valence-corrected chi connectivity index (χ0v) is 16.8. The van der Waals surface area contributed by atoms with E-state index >= 15 is 0 Å². The van der Waals surface area contributed by atoms with Gasteiger partial charge in [-0.3, -0.25) is 4.79 Å². The van der Waals surface area contributed by atoms with E-state index in [-0.39, 0.29) is 11.0 Å². The molecular formula is C20H18N2OS3. The Bertz CT molecular complexity index is 1010. The number of hydrogen-bond donors (Lipinski definition) is 0. The number of benzene rings is 2. The minimum Gasteiger partial charge on any atom is -0.293 e. The molecule has 0 N–H and O–H groups in total. The van der Waals surface area contributed by atoms with E-state index in [0.717, 1.165) is 28.4 Å². The monoisotopic (exact) mass is 398 g/mol. The molecule has 6 heteroatoms. The number of fused-ring (bicyclic) bond motifs is 1. The van der Waals surface area contributed by atoms with Crippen LogP contribution in [-0.4, -0.2) is 20.8 Å². The van der Waals surface area contributed by atoms with E-state index < -0.39 is 0 Å². The van der Waals surface area contributed by atoms with E-state index in [0.29, 0.717) is 3.95 Å². The summed E-state index contributed by atoms with van der Waals surface area (Å²) >= 11 is 8.37. The number of rotatable bonds is 5. The number of aryl methyl sites for hydroxylation is 2. The van der Waals surface area contributed by atoms with Gasteiger partial charge in [0.25, 0.3) is 0 Å². The second-order valence-corrected chi connectivity index (χ2v) is 9.55. The molecule has 1 atom stereocenters. The summed E-state index contributed by atoms with van der Waals surface area (Å²) in [6.07, 6.45) is 3.41. The summed E-state index contributed by atoms with van der Waals surface area (Å²) in [5.41, 5.74) is 4.47. The lowest BCUT2D eigenvalue weighted by Gasteiger charge is -2.09. The van der Waals surface area contributed by atoms with E-state index in [9.17, 15) is 4.79 Å². The van der Waals surface area contributed by atoms with E-state index in [4.69, 9.17) is 12.2 Å². The number of ketones is 1. The van der Waals surface area contributed by atoms with Crippen LogP contribution >= 0.6 is 35.3 Å². The number of Topliss-reactive ketones (excluding diaryl/α,β-unsaturated/α-hetero) is 1. The number of thioether (sulfide) groups is 1. The first kappa shape index (κ1) is 17.6. The van der Waals surface area contributed by atoms with E-state index in [1.165, 1.54) is 40.6 Å². The molecule has 0 unspecified atom stereocenters. The Balaban J connectivity index is 1.52. The molecule has 0 saturated heterocycles. The summed E-state index contributed by atoms with van der Waals surface area (Å²) in [6.45, 7) is 1.94. The first-order valence-electron chi connectivity index (χ1n) is 8.60. The Hall–Kier alpha value is -1.76. The van der Waals surface area contributed by atoms with Crippen LogP contribution in [0.15, 0.2) is 52.9 Å². The smallest absolute Gasteiger partial charge is 0.184 e. The molecule has 0 saturated carbocycles. The van der Waals surface area contributed by atoms with Crippen molar-refractivity contribution in [1.29, 1.82) is 0 Å². The molecular weight excluding hydrogens is 380 g/mol. The maximum absolute atomic E-state index is 12.8. The predicted molar refractivity (Wildman–Crippen MR) is 110 cm³/mol. The summed E-state index contributed by atoms with van der Waals surface area (Å²) in [6, 6.07) is 16.0. The standard InChI is InChI=1S/C20H18N2OS3/c1-13(18(23)16-11-10-14-6-5-7-15(14)12-16)25-19-21-22(20(24)26-19)17-8-3-2-4-9-17/h2-4,8-13H,5-7H2,1H3/t13-/m1/s1. The molecule has 1 aliphatic carbocycles. The van der Waals surface area contributed by atoms with Crippen LogP contribution in [0.25, 0.3) is 5.69 Å². The summed E-state index contributed by atoms with van der Waals surface area (Å²) in [4.78, 5) is 12.8. The molecule has 1 heterocycles. The van der Waals surface area contributed by atoms with Crippen molar-refractivity contribution in [2.45, 2.75) is 35.8 Å². The Labute approximate surface area is 166 Å². The highest BCUT2D eigenvalue weighted by Gasteiger charge is 2.21. The Kier molecular flexibility index (Phi) is 5.07. The number of hydrogen-bond acceptors (Lipinski definition) is 5. The molecule has 0 spiro atoms. The number of nitrogens with zero attached hydrogens (tertiary/aromatic N) is 2. The molecule has 0 amide bonds. The van der Waals surface area contributed by atoms with Gasteiger partial charge in [-0.25, -0.2) is 4.68 Å². The van der Waals surface area contributed by atoms with Gasteiger partial charge < -0.3 is 0 Å². The fourth-order valence-corrected chi connectivity index (χ4v) is 5.79. The highest BCUT2D eigenvalue weighted by molar-refractivity contribution is 8.02. The molecule has 3 nitrogen and oxygen atoms in total. The van der Waals surface area contributed by atoms with Crippen LogP contribution in [0.3, 0.4) is 0 Å². The van der Waals surface area contributed by atoms with Gasteiger partial charge in [-0.15, -0.1) is 5.10 Å². The van der Waals surface area contributed by atoms with Crippen LogP contribution in [0.5, 0.6) is 0 Å². The lowest BCUT2D eigenvalue weighted by atomic mass is 10.0. The SMILES string of the molecule is C[C@@H](Sc1nn(-c2ccccc2)c(=S)s1)C(=O)c1ccc2c(c1)CCC2. The van der Waals surface area contributed by atoms with Crippen molar-refractivity contribution in [3.8, 4) is 5.69 Å². The largest absolute Gasteiger partial charge is 0.293 e. The highest BCUT2D eigenvalue weighted by atomic mass is 32.2. The van der Waals surface area contributed by atoms with Crippen LogP contribution in [0, 0.1) is 3.95 Å². The average molecular weight is 399 g/mol. The van der Waals surface area contributed by atoms with Crippen LogP contribution in [0.4, 0.5) is 0 Å². The second kappa shape index (κ2) is 7.47. The van der Waals surface area contributed by atoms with Crippen LogP contribution < -0.4 is 0 Å². The zero-order chi connectivity index (χ0) is 18.1. The van der Waals surface area contributed by atoms with Crippen molar-refractivity contribution in [3.05, 3.63) is 69.2 Å². The van der Waals surface area contributed by atoms with Crippen molar-refractivity contribution in [2.24, 2.45) is 0 Å². The molecule has 2 aromatic carbocycles. The topological polar surface area (TPSA) is 34.9 Å². The number of aromatic nitrogens is 2. The van der Waals surface area contributed by atoms with Crippen LogP contribution in [-0.2, 0) is 12.8 Å². The highest BCUT2D eigenvalue weighted by Crippen LogP contribution is 2.30. The summed E-state index contributed by atoms with van der Waals surface area (Å²) in [7, 11) is 0. The van der Waals surface area contributed by atoms with Crippen molar-refractivity contribution < 1.29 is 4.79 Å². The first-order valence-corrected chi connectivity index (χ1v) is 10.7. The van der Waals surface area contributed by atoms with Crippen molar-refractivity contribution in [2.75, 3.05) is 0 Å². The van der Waals surface area contributed by atoms with Crippen molar-refractivity contribution >= 4 is 41.1 Å². The quantitative estimate of drug-likeness (QED) is 0.322. The van der Waals surface area contributed by atoms with Gasteiger partial charge >= 0.3 is 0 Å². The third-order valence-electron chi connectivity index (χ3n) is 4.56. The molecule has 1 aromatic heterocycles. The first-order chi connectivity index (χ1) is 12.6. The summed E-state index contributed by atoms with van der Waals surface area (Å²) < 4.78 is 3.27. The number of carbonyl (C=O) groups is 1. The summed E-state index contributed by atoms with van der Waals surface area (Å²) in [5, 5.41) is 4.40. The maximum atomic E-state index is 12.8. The number of para-hydroxylation sites is 1. The minimum atomic E-state index is -0.195. The fraction of sp³-hybridized carbons (Fsp3) is 0.250. The third-order valence-corrected chi connectivity index (χ3v) is 6.98. The van der Waals surface area contributed by atoms with Crippen LogP contribution in [0.1, 0.15) is 34.8 Å². The third kappa shape index (κ3) is 3.54. The normalized spacial score (nSPS) is 14.2. The van der Waals surface area contributed by atoms with Crippen molar-refractivity contribution in [3.63, 3.8) is 0 Å². The molecule has 0 fully saturated rings. The maximum Gasteiger partial charge on any atom is 0.184 e. The Morgan fingerprint density at radius 3 is 2.77 bits per heavy atom. The summed E-state index contributed by atoms with van der Waals surface area (Å²) in [5.74, 6) is 0.150. The van der Waals surface area contributed by atoms with Crippen LogP contribution in [0.2, 0.25) is 0 Å². The average Bonchev–Trinajstić information content (AvgIpc) is 3.27. The lowest BCUT2D eigenvalue weighted by Crippen LogP contribution is -2.13. The molecule has 0 bridgehead atoms.